The molecule has 3 atom stereocenters. The van der Waals surface area contributed by atoms with Gasteiger partial charge in [-0.05, 0) is 17.0 Å². The average molecular weight is 412 g/mol. The van der Waals surface area contributed by atoms with Crippen molar-refractivity contribution in [3.05, 3.63) is 71.8 Å². The molecule has 7 heteroatoms. The highest BCUT2D eigenvalue weighted by molar-refractivity contribution is 5.92. The van der Waals surface area contributed by atoms with Crippen molar-refractivity contribution in [2.45, 2.75) is 44.8 Å². The zero-order chi connectivity index (χ0) is 22.1. The number of amides is 2. The third kappa shape index (κ3) is 7.00. The van der Waals surface area contributed by atoms with Crippen LogP contribution in [0.2, 0.25) is 0 Å². The third-order valence-corrected chi connectivity index (χ3v) is 4.83. The number of carbonyl (C=O) groups is 3. The van der Waals surface area contributed by atoms with E-state index in [1.165, 1.54) is 0 Å². The molecule has 30 heavy (non-hydrogen) atoms. The lowest BCUT2D eigenvalue weighted by Gasteiger charge is -2.24. The molecule has 7 nitrogen and oxygen atoms in total. The van der Waals surface area contributed by atoms with E-state index in [1.807, 2.05) is 62.4 Å². The van der Waals surface area contributed by atoms with Crippen LogP contribution in [-0.2, 0) is 27.2 Å². The minimum absolute atomic E-state index is 0.102. The van der Waals surface area contributed by atoms with E-state index in [2.05, 4.69) is 10.6 Å². The van der Waals surface area contributed by atoms with Gasteiger partial charge in [-0.3, -0.25) is 9.59 Å². The molecule has 2 aromatic carbocycles. The van der Waals surface area contributed by atoms with Gasteiger partial charge in [0.25, 0.3) is 0 Å². The van der Waals surface area contributed by atoms with Gasteiger partial charge in [0.15, 0.2) is 0 Å². The lowest BCUT2D eigenvalue weighted by atomic mass is 10.0. The van der Waals surface area contributed by atoms with Crippen molar-refractivity contribution in [1.82, 2.24) is 10.6 Å². The van der Waals surface area contributed by atoms with Crippen molar-refractivity contribution in [2.75, 3.05) is 0 Å². The van der Waals surface area contributed by atoms with Crippen molar-refractivity contribution in [3.8, 4) is 0 Å². The summed E-state index contributed by atoms with van der Waals surface area (Å²) in [5.74, 6) is -2.26. The monoisotopic (exact) mass is 411 g/mol. The second-order valence-corrected chi connectivity index (χ2v) is 7.61. The quantitative estimate of drug-likeness (QED) is 0.472. The molecule has 0 bridgehead atoms. The summed E-state index contributed by atoms with van der Waals surface area (Å²) < 4.78 is 0. The molecule has 2 rings (SSSR count). The summed E-state index contributed by atoms with van der Waals surface area (Å²) in [7, 11) is 0. The average Bonchev–Trinajstić information content (AvgIpc) is 2.73. The van der Waals surface area contributed by atoms with Crippen LogP contribution >= 0.6 is 0 Å². The van der Waals surface area contributed by atoms with Gasteiger partial charge in [-0.2, -0.15) is 0 Å². The highest BCUT2D eigenvalue weighted by Crippen LogP contribution is 2.08. The van der Waals surface area contributed by atoms with Crippen LogP contribution in [0, 0.1) is 5.92 Å². The van der Waals surface area contributed by atoms with Crippen LogP contribution in [0.3, 0.4) is 0 Å². The van der Waals surface area contributed by atoms with Crippen LogP contribution in [0.4, 0.5) is 0 Å². The maximum Gasteiger partial charge on any atom is 0.326 e. The number of hydrogen-bond acceptors (Lipinski definition) is 4. The number of carboxylic acid groups (broad SMARTS) is 1. The van der Waals surface area contributed by atoms with E-state index >= 15 is 0 Å². The van der Waals surface area contributed by atoms with Crippen LogP contribution < -0.4 is 16.4 Å². The lowest BCUT2D eigenvalue weighted by molar-refractivity contribution is -0.142. The number of carbonyl (C=O) groups excluding carboxylic acids is 2. The van der Waals surface area contributed by atoms with Crippen molar-refractivity contribution < 1.29 is 19.5 Å². The van der Waals surface area contributed by atoms with Crippen molar-refractivity contribution in [2.24, 2.45) is 11.7 Å². The van der Waals surface area contributed by atoms with Gasteiger partial charge in [0.2, 0.25) is 11.8 Å². The largest absolute Gasteiger partial charge is 0.480 e. The molecule has 0 aliphatic carbocycles. The van der Waals surface area contributed by atoms with Crippen molar-refractivity contribution >= 4 is 17.8 Å². The van der Waals surface area contributed by atoms with Crippen molar-refractivity contribution in [1.29, 1.82) is 0 Å². The summed E-state index contributed by atoms with van der Waals surface area (Å²) in [5, 5.41) is 14.8. The minimum atomic E-state index is -1.14. The first kappa shape index (κ1) is 23.1. The Labute approximate surface area is 176 Å². The fourth-order valence-electron chi connectivity index (χ4n) is 2.95. The second-order valence-electron chi connectivity index (χ2n) is 7.61. The molecule has 5 N–H and O–H groups in total. The van der Waals surface area contributed by atoms with Crippen LogP contribution in [0.15, 0.2) is 60.7 Å². The Morgan fingerprint density at radius 2 is 1.23 bits per heavy atom. The summed E-state index contributed by atoms with van der Waals surface area (Å²) in [6.07, 6.45) is 0.361. The molecule has 0 aromatic heterocycles. The van der Waals surface area contributed by atoms with E-state index < -0.39 is 35.9 Å². The summed E-state index contributed by atoms with van der Waals surface area (Å²) in [5.41, 5.74) is 7.54. The fourth-order valence-corrected chi connectivity index (χ4v) is 2.95. The van der Waals surface area contributed by atoms with Gasteiger partial charge in [0.05, 0.1) is 6.04 Å². The van der Waals surface area contributed by atoms with Crippen LogP contribution in [-0.4, -0.2) is 41.0 Å². The molecule has 0 heterocycles. The number of nitrogens with one attached hydrogen (secondary N) is 2. The van der Waals surface area contributed by atoms with E-state index in [1.54, 1.807) is 12.1 Å². The zero-order valence-electron chi connectivity index (χ0n) is 17.2. The van der Waals surface area contributed by atoms with Crippen molar-refractivity contribution in [3.63, 3.8) is 0 Å². The molecule has 0 saturated heterocycles. The predicted molar refractivity (Wildman–Crippen MR) is 115 cm³/mol. The van der Waals surface area contributed by atoms with Gasteiger partial charge in [-0.1, -0.05) is 74.5 Å². The highest BCUT2D eigenvalue weighted by atomic mass is 16.4. The van der Waals surface area contributed by atoms with Gasteiger partial charge in [0, 0.05) is 12.8 Å². The molecule has 0 saturated carbocycles. The third-order valence-electron chi connectivity index (χ3n) is 4.83. The Hall–Kier alpha value is -3.19. The summed E-state index contributed by atoms with van der Waals surface area (Å²) in [6.45, 7) is 3.63. The Bertz CT molecular complexity index is 840. The molecule has 160 valence electrons. The van der Waals surface area contributed by atoms with Gasteiger partial charge in [-0.25, -0.2) is 4.79 Å². The number of aliphatic carboxylic acids is 1. The maximum atomic E-state index is 13.0. The molecule has 0 aliphatic heterocycles. The Balaban J connectivity index is 2.16. The van der Waals surface area contributed by atoms with E-state index in [9.17, 15) is 19.5 Å². The first-order valence-corrected chi connectivity index (χ1v) is 9.95. The molecule has 0 radical (unpaired) electrons. The van der Waals surface area contributed by atoms with Crippen LogP contribution in [0.5, 0.6) is 0 Å². The molecule has 0 fully saturated rings. The summed E-state index contributed by atoms with van der Waals surface area (Å²) in [4.78, 5) is 37.1. The fraction of sp³-hybridized carbons (Fsp3) is 0.348. The summed E-state index contributed by atoms with van der Waals surface area (Å²) >= 11 is 0. The second kappa shape index (κ2) is 11.1. The van der Waals surface area contributed by atoms with E-state index in [4.69, 9.17) is 5.73 Å². The first-order chi connectivity index (χ1) is 14.3. The van der Waals surface area contributed by atoms with Gasteiger partial charge in [0.1, 0.15) is 12.1 Å². The molecule has 0 unspecified atom stereocenters. The van der Waals surface area contributed by atoms with Gasteiger partial charge >= 0.3 is 5.97 Å². The Kier molecular flexibility index (Phi) is 8.55. The number of benzene rings is 2. The number of rotatable bonds is 10. The standard InChI is InChI=1S/C23H29N3O4/c1-15(2)20(24)22(28)25-18(13-16-9-5-3-6-10-16)21(27)26-19(23(29)30)14-17-11-7-4-8-12-17/h3-12,15,18-20H,13-14,24H2,1-2H3,(H,25,28)(H,26,27)(H,29,30)/t18-,19-,20-/m0/s1. The highest BCUT2D eigenvalue weighted by Gasteiger charge is 2.29. The first-order valence-electron chi connectivity index (χ1n) is 9.95. The lowest BCUT2D eigenvalue weighted by Crippen LogP contribution is -2.56. The van der Waals surface area contributed by atoms with E-state index in [0.29, 0.717) is 0 Å². The topological polar surface area (TPSA) is 122 Å². The van der Waals surface area contributed by atoms with Gasteiger partial charge < -0.3 is 21.5 Å². The molecule has 0 aliphatic rings. The smallest absolute Gasteiger partial charge is 0.326 e. The van der Waals surface area contributed by atoms with Gasteiger partial charge in [-0.15, -0.1) is 0 Å². The Morgan fingerprint density at radius 3 is 1.67 bits per heavy atom. The molecule has 2 aromatic rings. The molecule has 2 amide bonds. The molecule has 0 spiro atoms. The molecular weight excluding hydrogens is 382 g/mol. The van der Waals surface area contributed by atoms with Crippen LogP contribution in [0.1, 0.15) is 25.0 Å². The van der Waals surface area contributed by atoms with E-state index in [0.717, 1.165) is 11.1 Å². The number of hydrogen-bond donors (Lipinski definition) is 4. The van der Waals surface area contributed by atoms with Crippen LogP contribution in [0.25, 0.3) is 0 Å². The number of nitrogens with two attached hydrogens (primary N) is 1. The SMILES string of the molecule is CC(C)[C@H](N)C(=O)N[C@@H](Cc1ccccc1)C(=O)N[C@@H](Cc1ccccc1)C(=O)O. The zero-order valence-corrected chi connectivity index (χ0v) is 17.2. The number of carboxylic acids is 1. The normalized spacial score (nSPS) is 13.9. The minimum Gasteiger partial charge on any atom is -0.480 e. The molecular formula is C23H29N3O4. The summed E-state index contributed by atoms with van der Waals surface area (Å²) in [6, 6.07) is 15.4. The van der Waals surface area contributed by atoms with E-state index in [-0.39, 0.29) is 18.8 Å². The Morgan fingerprint density at radius 1 is 0.800 bits per heavy atom. The maximum absolute atomic E-state index is 13.0. The predicted octanol–water partition coefficient (Wildman–Crippen LogP) is 1.51.